The van der Waals surface area contributed by atoms with E-state index in [4.69, 9.17) is 4.74 Å². The van der Waals surface area contributed by atoms with E-state index in [1.807, 2.05) is 31.2 Å². The van der Waals surface area contributed by atoms with Crippen LogP contribution in [-0.4, -0.2) is 44.0 Å². The molecule has 0 aromatic heterocycles. The molecular weight excluding hydrogens is 429 g/mol. The van der Waals surface area contributed by atoms with Gasteiger partial charge in [-0.2, -0.15) is 0 Å². The number of carbonyl (C=O) groups is 1. The Morgan fingerprint density at radius 1 is 1.03 bits per heavy atom. The molecule has 32 heavy (non-hydrogen) atoms. The highest BCUT2D eigenvalue weighted by Gasteiger charge is 2.33. The number of nitrogens with zero attached hydrogens (tertiary/aromatic N) is 1. The molecule has 0 aliphatic carbocycles. The topological polar surface area (TPSA) is 63.7 Å². The molecule has 0 N–H and O–H groups in total. The standard InChI is InChI=1S/C25H32FNO4S/c1-17-15-27(24(26)18(2)31-17)22-12-8-19(9-13-22)14-23(28)21-10-6-20(7-11-21)16-32(29,30)25(3,4)5/h6-13,17-18,24H,14-16H2,1-5H3/t17-,18+,24?/m0/s1. The van der Waals surface area contributed by atoms with Crippen LogP contribution in [0.5, 0.6) is 0 Å². The van der Waals surface area contributed by atoms with Crippen LogP contribution < -0.4 is 4.90 Å². The molecule has 174 valence electrons. The molecule has 1 unspecified atom stereocenters. The summed E-state index contributed by atoms with van der Waals surface area (Å²) in [6.45, 7) is 9.16. The van der Waals surface area contributed by atoms with Gasteiger partial charge < -0.3 is 9.64 Å². The van der Waals surface area contributed by atoms with Crippen LogP contribution >= 0.6 is 0 Å². The molecule has 0 amide bonds. The van der Waals surface area contributed by atoms with Gasteiger partial charge in [0, 0.05) is 24.2 Å². The lowest BCUT2D eigenvalue weighted by Crippen LogP contribution is -2.51. The van der Waals surface area contributed by atoms with Crippen molar-refractivity contribution in [2.75, 3.05) is 11.4 Å². The molecule has 0 spiro atoms. The average Bonchev–Trinajstić information content (AvgIpc) is 2.70. The number of ether oxygens (including phenoxy) is 1. The molecule has 5 nitrogen and oxygen atoms in total. The SMILES string of the molecule is C[C@H]1CN(c2ccc(CC(=O)c3ccc(CS(=O)(=O)C(C)(C)C)cc3)cc2)C(F)[C@@H](C)O1. The van der Waals surface area contributed by atoms with E-state index >= 15 is 0 Å². The fraction of sp³-hybridized carbons (Fsp3) is 0.480. The van der Waals surface area contributed by atoms with Crippen LogP contribution in [0.2, 0.25) is 0 Å². The third kappa shape index (κ3) is 5.56. The van der Waals surface area contributed by atoms with Crippen LogP contribution in [-0.2, 0) is 26.7 Å². The number of halogens is 1. The zero-order chi connectivity index (χ0) is 23.7. The van der Waals surface area contributed by atoms with E-state index in [9.17, 15) is 17.6 Å². The zero-order valence-corrected chi connectivity index (χ0v) is 20.2. The second kappa shape index (κ2) is 9.32. The highest BCUT2D eigenvalue weighted by molar-refractivity contribution is 7.91. The predicted molar refractivity (Wildman–Crippen MR) is 126 cm³/mol. The maximum Gasteiger partial charge on any atom is 0.198 e. The van der Waals surface area contributed by atoms with Crippen molar-refractivity contribution >= 4 is 21.3 Å². The van der Waals surface area contributed by atoms with Gasteiger partial charge in [-0.05, 0) is 57.9 Å². The molecule has 3 atom stereocenters. The maximum atomic E-state index is 14.5. The summed E-state index contributed by atoms with van der Waals surface area (Å²) in [6, 6.07) is 14.1. The van der Waals surface area contributed by atoms with E-state index in [0.717, 1.165) is 11.3 Å². The predicted octanol–water partition coefficient (Wildman–Crippen LogP) is 4.73. The van der Waals surface area contributed by atoms with Crippen LogP contribution in [0.15, 0.2) is 48.5 Å². The van der Waals surface area contributed by atoms with Gasteiger partial charge in [0.1, 0.15) is 6.10 Å². The smallest absolute Gasteiger partial charge is 0.198 e. The molecular formula is C25H32FNO4S. The molecule has 0 bridgehead atoms. The van der Waals surface area contributed by atoms with E-state index in [0.29, 0.717) is 17.7 Å². The molecule has 7 heteroatoms. The van der Waals surface area contributed by atoms with Gasteiger partial charge in [-0.3, -0.25) is 4.79 Å². The lowest BCUT2D eigenvalue weighted by molar-refractivity contribution is -0.0614. The van der Waals surface area contributed by atoms with E-state index in [-0.39, 0.29) is 24.1 Å². The molecule has 1 fully saturated rings. The van der Waals surface area contributed by atoms with Crippen molar-refractivity contribution in [1.82, 2.24) is 0 Å². The lowest BCUT2D eigenvalue weighted by atomic mass is 10.0. The fourth-order valence-electron chi connectivity index (χ4n) is 3.67. The lowest BCUT2D eigenvalue weighted by Gasteiger charge is -2.39. The first-order valence-electron chi connectivity index (χ1n) is 10.9. The largest absolute Gasteiger partial charge is 0.369 e. The molecule has 3 rings (SSSR count). The molecule has 2 aromatic rings. The Bertz CT molecular complexity index is 1040. The Morgan fingerprint density at radius 3 is 2.16 bits per heavy atom. The third-order valence-electron chi connectivity index (χ3n) is 5.78. The minimum Gasteiger partial charge on any atom is -0.369 e. The second-order valence-corrected chi connectivity index (χ2v) is 12.3. The number of sulfone groups is 1. The quantitative estimate of drug-likeness (QED) is 0.460. The van der Waals surface area contributed by atoms with Crippen molar-refractivity contribution in [3.05, 3.63) is 65.2 Å². The average molecular weight is 462 g/mol. The first kappa shape index (κ1) is 24.4. The summed E-state index contributed by atoms with van der Waals surface area (Å²) in [7, 11) is -3.28. The summed E-state index contributed by atoms with van der Waals surface area (Å²) in [6.07, 6.45) is -1.55. The van der Waals surface area contributed by atoms with Gasteiger partial charge in [-0.25, -0.2) is 12.8 Å². The van der Waals surface area contributed by atoms with E-state index in [2.05, 4.69) is 0 Å². The number of rotatable bonds is 6. The summed E-state index contributed by atoms with van der Waals surface area (Å²) < 4.78 is 44.0. The minimum absolute atomic E-state index is 0.0548. The van der Waals surface area contributed by atoms with Gasteiger partial charge in [-0.15, -0.1) is 0 Å². The Labute approximate surface area is 190 Å². The number of morpholine rings is 1. The number of hydrogen-bond acceptors (Lipinski definition) is 5. The summed E-state index contributed by atoms with van der Waals surface area (Å²) >= 11 is 0. The number of hydrogen-bond donors (Lipinski definition) is 0. The number of benzene rings is 2. The van der Waals surface area contributed by atoms with Crippen molar-refractivity contribution in [2.24, 2.45) is 0 Å². The van der Waals surface area contributed by atoms with Crippen molar-refractivity contribution in [3.63, 3.8) is 0 Å². The highest BCUT2D eigenvalue weighted by atomic mass is 32.2. The van der Waals surface area contributed by atoms with Gasteiger partial charge in [0.15, 0.2) is 21.9 Å². The van der Waals surface area contributed by atoms with Crippen molar-refractivity contribution in [2.45, 2.75) is 70.0 Å². The van der Waals surface area contributed by atoms with Crippen molar-refractivity contribution < 1.29 is 22.3 Å². The van der Waals surface area contributed by atoms with Crippen LogP contribution in [0, 0.1) is 0 Å². The van der Waals surface area contributed by atoms with Crippen LogP contribution in [0.25, 0.3) is 0 Å². The van der Waals surface area contributed by atoms with Gasteiger partial charge in [0.25, 0.3) is 0 Å². The van der Waals surface area contributed by atoms with Crippen LogP contribution in [0.3, 0.4) is 0 Å². The minimum atomic E-state index is -3.28. The Morgan fingerprint density at radius 2 is 1.59 bits per heavy atom. The molecule has 2 aromatic carbocycles. The number of Topliss-reactive ketones (excluding diaryl/α,β-unsaturated/α-hetero) is 1. The summed E-state index contributed by atoms with van der Waals surface area (Å²) in [5, 5.41) is 0. The monoisotopic (exact) mass is 461 g/mol. The Hall–Kier alpha value is -2.25. The molecule has 1 saturated heterocycles. The molecule has 0 saturated carbocycles. The number of alkyl halides is 1. The van der Waals surface area contributed by atoms with Gasteiger partial charge >= 0.3 is 0 Å². The Kier molecular flexibility index (Phi) is 7.10. The zero-order valence-electron chi connectivity index (χ0n) is 19.3. The van der Waals surface area contributed by atoms with E-state index in [1.54, 1.807) is 56.9 Å². The number of ketones is 1. The maximum absolute atomic E-state index is 14.5. The first-order valence-corrected chi connectivity index (χ1v) is 12.5. The molecule has 1 aliphatic heterocycles. The van der Waals surface area contributed by atoms with Gasteiger partial charge in [0.05, 0.1) is 16.6 Å². The second-order valence-electron chi connectivity index (χ2n) is 9.51. The number of anilines is 1. The summed E-state index contributed by atoms with van der Waals surface area (Å²) in [5.41, 5.74) is 2.80. The number of carbonyl (C=O) groups excluding carboxylic acids is 1. The van der Waals surface area contributed by atoms with Crippen LogP contribution in [0.4, 0.5) is 10.1 Å². The summed E-state index contributed by atoms with van der Waals surface area (Å²) in [4.78, 5) is 14.4. The van der Waals surface area contributed by atoms with Crippen molar-refractivity contribution in [3.8, 4) is 0 Å². The molecule has 0 radical (unpaired) electrons. The normalized spacial score (nSPS) is 22.1. The first-order chi connectivity index (χ1) is 14.9. The van der Waals surface area contributed by atoms with Gasteiger partial charge in [0.2, 0.25) is 0 Å². The summed E-state index contributed by atoms with van der Waals surface area (Å²) in [5.74, 6) is -0.110. The highest BCUT2D eigenvalue weighted by Crippen LogP contribution is 2.27. The Balaban J connectivity index is 1.65. The van der Waals surface area contributed by atoms with Crippen molar-refractivity contribution in [1.29, 1.82) is 0 Å². The fourth-order valence-corrected chi connectivity index (χ4v) is 4.73. The third-order valence-corrected chi connectivity index (χ3v) is 8.36. The molecule has 1 heterocycles. The van der Waals surface area contributed by atoms with Crippen LogP contribution in [0.1, 0.15) is 56.1 Å². The van der Waals surface area contributed by atoms with E-state index < -0.39 is 27.0 Å². The van der Waals surface area contributed by atoms with E-state index in [1.165, 1.54) is 0 Å². The molecule has 1 aliphatic rings. The van der Waals surface area contributed by atoms with Gasteiger partial charge in [-0.1, -0.05) is 36.4 Å².